The molecule has 3 aromatic carbocycles. The van der Waals surface area contributed by atoms with Gasteiger partial charge in [0.15, 0.2) is 0 Å². The van der Waals surface area contributed by atoms with Crippen molar-refractivity contribution in [2.45, 2.75) is 78.2 Å². The molecule has 5 rings (SSSR count). The van der Waals surface area contributed by atoms with Crippen LogP contribution < -0.4 is 20.1 Å². The van der Waals surface area contributed by atoms with Gasteiger partial charge in [0.05, 0.1) is 43.7 Å². The highest BCUT2D eigenvalue weighted by Gasteiger charge is 2.56. The number of hydrogen-bond acceptors (Lipinski definition) is 8. The molecule has 1 fully saturated rings. The molecule has 2 heterocycles. The number of hydrogen-bond donors (Lipinski definition) is 3. The molecule has 2 atom stereocenters. The molecule has 58 heavy (non-hydrogen) atoms. The van der Waals surface area contributed by atoms with E-state index >= 15 is 9.18 Å². The fourth-order valence-corrected chi connectivity index (χ4v) is 6.91. The van der Waals surface area contributed by atoms with Crippen molar-refractivity contribution in [3.63, 3.8) is 0 Å². The Morgan fingerprint density at radius 3 is 2.33 bits per heavy atom. The predicted molar refractivity (Wildman–Crippen MR) is 210 cm³/mol. The molecule has 1 aromatic heterocycles. The van der Waals surface area contributed by atoms with Crippen molar-refractivity contribution in [3.05, 3.63) is 100 Å². The summed E-state index contributed by atoms with van der Waals surface area (Å²) in [5.41, 5.74) is -2.42. The van der Waals surface area contributed by atoms with Crippen molar-refractivity contribution in [2.75, 3.05) is 20.8 Å². The number of guanidine groups is 1. The van der Waals surface area contributed by atoms with E-state index in [1.807, 2.05) is 20.8 Å². The number of carbonyl (C=O) groups is 3. The van der Waals surface area contributed by atoms with Crippen molar-refractivity contribution in [1.29, 1.82) is 0 Å². The number of alkyl halides is 2. The lowest BCUT2D eigenvalue weighted by atomic mass is 9.75. The molecule has 1 aliphatic heterocycles. The van der Waals surface area contributed by atoms with E-state index in [1.54, 1.807) is 39.0 Å². The summed E-state index contributed by atoms with van der Waals surface area (Å²) in [7, 11) is 3.00. The average Bonchev–Trinajstić information content (AvgIpc) is 3.74. The highest BCUT2D eigenvalue weighted by molar-refractivity contribution is 6.33. The van der Waals surface area contributed by atoms with Crippen molar-refractivity contribution in [3.8, 4) is 22.6 Å². The van der Waals surface area contributed by atoms with Gasteiger partial charge in [-0.05, 0) is 74.1 Å². The van der Waals surface area contributed by atoms with Crippen LogP contribution in [-0.4, -0.2) is 70.1 Å². The van der Waals surface area contributed by atoms with Crippen LogP contribution >= 0.6 is 11.6 Å². The van der Waals surface area contributed by atoms with Gasteiger partial charge >= 0.3 is 12.6 Å². The summed E-state index contributed by atoms with van der Waals surface area (Å²) >= 11 is 6.53. The molecule has 4 aromatic rings. The summed E-state index contributed by atoms with van der Waals surface area (Å²) in [5.74, 6) is -1.55. The summed E-state index contributed by atoms with van der Waals surface area (Å²) in [6, 6.07) is 12.1. The Balaban J connectivity index is 1.59. The number of methoxy groups -OCH3 is 2. The Morgan fingerprint density at radius 1 is 1.02 bits per heavy atom. The number of amides is 3. The second kappa shape index (κ2) is 17.1. The zero-order valence-electron chi connectivity index (χ0n) is 33.3. The first-order valence-corrected chi connectivity index (χ1v) is 18.5. The Kier molecular flexibility index (Phi) is 12.8. The Hall–Kier alpha value is -5.61. The van der Waals surface area contributed by atoms with E-state index < -0.39 is 59.5 Å². The number of ether oxygens (including phenoxy) is 3. The minimum Gasteiger partial charge on any atom is -0.497 e. The fourth-order valence-electron chi connectivity index (χ4n) is 6.71. The second-order valence-electron chi connectivity index (χ2n) is 15.8. The largest absolute Gasteiger partial charge is 0.497 e. The lowest BCUT2D eigenvalue weighted by Crippen LogP contribution is -2.48. The van der Waals surface area contributed by atoms with Crippen LogP contribution in [0.5, 0.6) is 11.5 Å². The van der Waals surface area contributed by atoms with Crippen molar-refractivity contribution >= 4 is 35.5 Å². The van der Waals surface area contributed by atoms with Gasteiger partial charge in [-0.3, -0.25) is 14.5 Å². The van der Waals surface area contributed by atoms with Crippen molar-refractivity contribution < 1.29 is 46.9 Å². The summed E-state index contributed by atoms with van der Waals surface area (Å²) in [6.07, 6.45) is 1.11. The Bertz CT molecular complexity index is 2220. The first-order valence-electron chi connectivity index (χ1n) is 18.2. The van der Waals surface area contributed by atoms with Gasteiger partial charge in [0.2, 0.25) is 5.96 Å². The quantitative estimate of drug-likeness (QED) is 0.130. The van der Waals surface area contributed by atoms with E-state index in [1.165, 1.54) is 50.7 Å². The number of aliphatic hydroxyl groups excluding tert-OH is 1. The SMILES string of the molecule is COc1ccc(CNC(=O)c2cc([C@@H](CO)N3C(=O)[C@@](CC(C)(C)C)(c4ccc(-c5cnn(C(F)F)c5)cc4F)N/C3=N\C(=O)OC(C)(C)C)ccc2Cl)c(OC)c1. The number of carbonyl (C=O) groups excluding carboxylic acids is 3. The molecule has 0 spiro atoms. The molecule has 3 N–H and O–H groups in total. The molecule has 13 nitrogen and oxygen atoms in total. The maximum atomic E-state index is 16.5. The van der Waals surface area contributed by atoms with Crippen LogP contribution in [-0.2, 0) is 21.6 Å². The van der Waals surface area contributed by atoms with Crippen LogP contribution in [0.1, 0.15) is 87.6 Å². The molecule has 3 amide bonds. The van der Waals surface area contributed by atoms with Crippen molar-refractivity contribution in [2.24, 2.45) is 10.4 Å². The fraction of sp³-hybridized carbons (Fsp3) is 0.390. The standard InChI is InChI=1S/C41H46ClF3N6O7/c1-39(2,3)22-41(29-13-10-23(16-31(29)43)26-19-47-50(20-26)36(44)45)35(54)51(37(49-41)48-38(55)58-40(4,5)6)32(21-52)24-11-14-30(42)28(15-24)34(53)46-18-25-9-12-27(56-7)17-33(25)57-8/h9-17,19-20,32,36,52H,18,21-22H2,1-8H3,(H,46,53)(H,48,49,55)/t32-,41-/m1/s1. The van der Waals surface area contributed by atoms with Crippen LogP contribution in [0.15, 0.2) is 72.0 Å². The Labute approximate surface area is 339 Å². The van der Waals surface area contributed by atoms with Crippen LogP contribution in [0.2, 0.25) is 5.02 Å². The molecule has 0 bridgehead atoms. The Morgan fingerprint density at radius 2 is 1.74 bits per heavy atom. The molecule has 0 unspecified atom stereocenters. The molecule has 1 saturated heterocycles. The number of benzene rings is 3. The minimum atomic E-state index is -2.91. The third kappa shape index (κ3) is 9.56. The molecule has 1 aliphatic rings. The topological polar surface area (TPSA) is 157 Å². The molecule has 0 saturated carbocycles. The summed E-state index contributed by atoms with van der Waals surface area (Å²) in [6.45, 7) is 6.78. The van der Waals surface area contributed by atoms with Gasteiger partial charge in [-0.25, -0.2) is 13.9 Å². The van der Waals surface area contributed by atoms with Gasteiger partial charge in [0.1, 0.15) is 28.5 Å². The number of nitrogens with zero attached hydrogens (tertiary/aromatic N) is 4. The maximum Gasteiger partial charge on any atom is 0.437 e. The predicted octanol–water partition coefficient (Wildman–Crippen LogP) is 7.77. The number of aromatic nitrogens is 2. The van der Waals surface area contributed by atoms with Gasteiger partial charge in [-0.1, -0.05) is 50.6 Å². The van der Waals surface area contributed by atoms with E-state index in [0.29, 0.717) is 21.7 Å². The average molecular weight is 827 g/mol. The zero-order chi connectivity index (χ0) is 42.7. The van der Waals surface area contributed by atoms with Crippen LogP contribution in [0, 0.1) is 11.2 Å². The summed E-state index contributed by atoms with van der Waals surface area (Å²) in [5, 5.41) is 20.5. The molecular formula is C41H46ClF3N6O7. The third-order valence-corrected chi connectivity index (χ3v) is 9.45. The van der Waals surface area contributed by atoms with E-state index in [4.69, 9.17) is 25.8 Å². The lowest BCUT2D eigenvalue weighted by Gasteiger charge is -2.35. The number of aliphatic imine (C=N–C) groups is 1. The minimum absolute atomic E-state index is 0.00748. The maximum absolute atomic E-state index is 16.5. The van der Waals surface area contributed by atoms with E-state index in [9.17, 15) is 23.5 Å². The first-order chi connectivity index (χ1) is 27.2. The summed E-state index contributed by atoms with van der Waals surface area (Å²) in [4.78, 5) is 47.2. The van der Waals surface area contributed by atoms with E-state index in [0.717, 1.165) is 17.2 Å². The van der Waals surface area contributed by atoms with Gasteiger partial charge in [-0.2, -0.15) is 13.9 Å². The summed E-state index contributed by atoms with van der Waals surface area (Å²) < 4.78 is 59.6. The first kappa shape index (κ1) is 43.5. The number of rotatable bonds is 12. The monoisotopic (exact) mass is 826 g/mol. The smallest absolute Gasteiger partial charge is 0.437 e. The van der Waals surface area contributed by atoms with E-state index in [-0.39, 0.29) is 51.8 Å². The number of halogens is 4. The van der Waals surface area contributed by atoms with Crippen LogP contribution in [0.25, 0.3) is 11.1 Å². The van der Waals surface area contributed by atoms with Crippen LogP contribution in [0.3, 0.4) is 0 Å². The molecule has 0 radical (unpaired) electrons. The molecule has 310 valence electrons. The normalized spacial score (nSPS) is 17.0. The molecule has 17 heteroatoms. The number of aliphatic hydroxyl groups is 1. The third-order valence-electron chi connectivity index (χ3n) is 9.13. The molecule has 0 aliphatic carbocycles. The van der Waals surface area contributed by atoms with Crippen LogP contribution in [0.4, 0.5) is 18.0 Å². The van der Waals surface area contributed by atoms with Gasteiger partial charge in [0.25, 0.3) is 11.8 Å². The highest BCUT2D eigenvalue weighted by atomic mass is 35.5. The lowest BCUT2D eigenvalue weighted by molar-refractivity contribution is -0.135. The zero-order valence-corrected chi connectivity index (χ0v) is 34.1. The van der Waals surface area contributed by atoms with E-state index in [2.05, 4.69) is 20.7 Å². The van der Waals surface area contributed by atoms with Gasteiger partial charge < -0.3 is 30.0 Å². The second-order valence-corrected chi connectivity index (χ2v) is 16.2. The van der Waals surface area contributed by atoms with Gasteiger partial charge in [0, 0.05) is 35.5 Å². The van der Waals surface area contributed by atoms with Crippen molar-refractivity contribution in [1.82, 2.24) is 25.3 Å². The molecular weight excluding hydrogens is 781 g/mol. The van der Waals surface area contributed by atoms with Gasteiger partial charge in [-0.15, -0.1) is 4.99 Å². The highest BCUT2D eigenvalue weighted by Crippen LogP contribution is 2.44. The number of nitrogens with one attached hydrogen (secondary N) is 2.